The molecule has 1 fully saturated rings. The molecular weight excluding hydrogens is 225 g/mol. The highest BCUT2D eigenvalue weighted by molar-refractivity contribution is 5.28. The van der Waals surface area contributed by atoms with Crippen molar-refractivity contribution >= 4 is 0 Å². The molecule has 2 heteroatoms. The molecule has 1 N–H and O–H groups in total. The van der Waals surface area contributed by atoms with Gasteiger partial charge >= 0.3 is 0 Å². The number of benzene rings is 1. The van der Waals surface area contributed by atoms with Crippen molar-refractivity contribution in [3.05, 3.63) is 35.1 Å². The van der Waals surface area contributed by atoms with E-state index in [1.54, 1.807) is 12.1 Å². The van der Waals surface area contributed by atoms with Gasteiger partial charge in [0.1, 0.15) is 5.82 Å². The van der Waals surface area contributed by atoms with Crippen LogP contribution in [0, 0.1) is 18.7 Å². The van der Waals surface area contributed by atoms with Crippen molar-refractivity contribution in [3.8, 4) is 0 Å². The van der Waals surface area contributed by atoms with Crippen molar-refractivity contribution in [2.24, 2.45) is 5.92 Å². The van der Waals surface area contributed by atoms with E-state index in [2.05, 4.69) is 25.2 Å². The molecule has 0 radical (unpaired) electrons. The standard InChI is InChI=1S/C16H24FN/c1-4-7-18-16-6-5-15(12(16)3)13-8-11(2)9-14(17)10-13/h8-10,12,15-16,18H,4-7H2,1-3H3. The third-order valence-corrected chi connectivity index (χ3v) is 4.21. The lowest BCUT2D eigenvalue weighted by molar-refractivity contribution is 0.404. The fourth-order valence-corrected chi connectivity index (χ4v) is 3.23. The van der Waals surface area contributed by atoms with Crippen LogP contribution in [-0.2, 0) is 0 Å². The van der Waals surface area contributed by atoms with E-state index in [4.69, 9.17) is 0 Å². The highest BCUT2D eigenvalue weighted by Gasteiger charge is 2.33. The van der Waals surface area contributed by atoms with Crippen molar-refractivity contribution in [2.75, 3.05) is 6.54 Å². The summed E-state index contributed by atoms with van der Waals surface area (Å²) in [7, 11) is 0. The van der Waals surface area contributed by atoms with E-state index in [1.165, 1.54) is 24.8 Å². The summed E-state index contributed by atoms with van der Waals surface area (Å²) in [6, 6.07) is 6.07. The lowest BCUT2D eigenvalue weighted by Crippen LogP contribution is -2.32. The molecule has 100 valence electrons. The molecule has 3 atom stereocenters. The third-order valence-electron chi connectivity index (χ3n) is 4.21. The van der Waals surface area contributed by atoms with Crippen LogP contribution in [0.1, 0.15) is 50.2 Å². The Morgan fingerprint density at radius 2 is 2.06 bits per heavy atom. The quantitative estimate of drug-likeness (QED) is 0.850. The first-order valence-corrected chi connectivity index (χ1v) is 7.12. The average molecular weight is 249 g/mol. The maximum absolute atomic E-state index is 13.5. The minimum Gasteiger partial charge on any atom is -0.314 e. The summed E-state index contributed by atoms with van der Waals surface area (Å²) in [6.45, 7) is 7.55. The second-order valence-electron chi connectivity index (χ2n) is 5.67. The molecule has 1 nitrogen and oxygen atoms in total. The fraction of sp³-hybridized carbons (Fsp3) is 0.625. The van der Waals surface area contributed by atoms with Gasteiger partial charge in [-0.1, -0.05) is 19.9 Å². The molecule has 3 unspecified atom stereocenters. The van der Waals surface area contributed by atoms with Crippen molar-refractivity contribution in [1.29, 1.82) is 0 Å². The Bertz CT molecular complexity index is 382. The van der Waals surface area contributed by atoms with E-state index in [1.807, 2.05) is 6.92 Å². The molecule has 0 bridgehead atoms. The number of halogens is 1. The van der Waals surface area contributed by atoms with Gasteiger partial charge in [0.25, 0.3) is 0 Å². The van der Waals surface area contributed by atoms with Gasteiger partial charge in [-0.25, -0.2) is 4.39 Å². The van der Waals surface area contributed by atoms with Crippen LogP contribution in [0.3, 0.4) is 0 Å². The fourth-order valence-electron chi connectivity index (χ4n) is 3.23. The largest absolute Gasteiger partial charge is 0.314 e. The van der Waals surface area contributed by atoms with E-state index < -0.39 is 0 Å². The van der Waals surface area contributed by atoms with Gasteiger partial charge in [-0.2, -0.15) is 0 Å². The SMILES string of the molecule is CCCNC1CCC(c2cc(C)cc(F)c2)C1C. The number of rotatable bonds is 4. The molecule has 1 aliphatic carbocycles. The summed E-state index contributed by atoms with van der Waals surface area (Å²) in [4.78, 5) is 0. The van der Waals surface area contributed by atoms with Crippen LogP contribution in [0.15, 0.2) is 18.2 Å². The normalized spacial score (nSPS) is 27.7. The maximum atomic E-state index is 13.5. The second-order valence-corrected chi connectivity index (χ2v) is 5.67. The number of hydrogen-bond acceptors (Lipinski definition) is 1. The van der Waals surface area contributed by atoms with Gasteiger partial charge in [-0.15, -0.1) is 0 Å². The molecule has 1 aromatic carbocycles. The first-order chi connectivity index (χ1) is 8.61. The molecule has 0 aliphatic heterocycles. The van der Waals surface area contributed by atoms with Gasteiger partial charge in [-0.05, 0) is 67.8 Å². The van der Waals surface area contributed by atoms with Gasteiger partial charge in [0.2, 0.25) is 0 Å². The predicted molar refractivity (Wildman–Crippen MR) is 74.4 cm³/mol. The van der Waals surface area contributed by atoms with Crippen LogP contribution >= 0.6 is 0 Å². The number of nitrogens with one attached hydrogen (secondary N) is 1. The molecule has 0 saturated heterocycles. The minimum atomic E-state index is -0.0952. The molecule has 1 aliphatic rings. The van der Waals surface area contributed by atoms with Gasteiger partial charge in [-0.3, -0.25) is 0 Å². The summed E-state index contributed by atoms with van der Waals surface area (Å²) in [5.41, 5.74) is 2.21. The number of aryl methyl sites for hydroxylation is 1. The van der Waals surface area contributed by atoms with Crippen LogP contribution in [0.5, 0.6) is 0 Å². The summed E-state index contributed by atoms with van der Waals surface area (Å²) >= 11 is 0. The zero-order valence-corrected chi connectivity index (χ0v) is 11.7. The van der Waals surface area contributed by atoms with Gasteiger partial charge in [0.05, 0.1) is 0 Å². The van der Waals surface area contributed by atoms with Crippen molar-refractivity contribution in [1.82, 2.24) is 5.32 Å². The van der Waals surface area contributed by atoms with E-state index in [9.17, 15) is 4.39 Å². The summed E-state index contributed by atoms with van der Waals surface area (Å²) < 4.78 is 13.5. The van der Waals surface area contributed by atoms with Crippen LogP contribution in [0.4, 0.5) is 4.39 Å². The topological polar surface area (TPSA) is 12.0 Å². The highest BCUT2D eigenvalue weighted by Crippen LogP contribution is 2.39. The Hall–Kier alpha value is -0.890. The molecule has 0 aromatic heterocycles. The van der Waals surface area contributed by atoms with Gasteiger partial charge in [0, 0.05) is 6.04 Å². The molecule has 1 saturated carbocycles. The van der Waals surface area contributed by atoms with Gasteiger partial charge < -0.3 is 5.32 Å². The molecule has 2 rings (SSSR count). The van der Waals surface area contributed by atoms with Crippen molar-refractivity contribution in [3.63, 3.8) is 0 Å². The summed E-state index contributed by atoms with van der Waals surface area (Å²) in [6.07, 6.45) is 3.56. The summed E-state index contributed by atoms with van der Waals surface area (Å²) in [5, 5.41) is 3.62. The Kier molecular flexibility index (Phi) is 4.39. The molecule has 0 amide bonds. The predicted octanol–water partition coefficient (Wildman–Crippen LogP) is 4.02. The lowest BCUT2D eigenvalue weighted by atomic mass is 9.88. The Balaban J connectivity index is 2.10. The Morgan fingerprint density at radius 3 is 2.72 bits per heavy atom. The first kappa shape index (κ1) is 13.5. The van der Waals surface area contributed by atoms with Crippen LogP contribution in [-0.4, -0.2) is 12.6 Å². The number of hydrogen-bond donors (Lipinski definition) is 1. The smallest absolute Gasteiger partial charge is 0.123 e. The third kappa shape index (κ3) is 2.92. The molecule has 1 aromatic rings. The van der Waals surface area contributed by atoms with E-state index in [0.29, 0.717) is 17.9 Å². The van der Waals surface area contributed by atoms with Crippen molar-refractivity contribution in [2.45, 2.75) is 52.0 Å². The highest BCUT2D eigenvalue weighted by atomic mass is 19.1. The monoisotopic (exact) mass is 249 g/mol. The minimum absolute atomic E-state index is 0.0952. The Labute approximate surface area is 110 Å². The second kappa shape index (κ2) is 5.83. The average Bonchev–Trinajstić information content (AvgIpc) is 2.67. The van der Waals surface area contributed by atoms with E-state index in [-0.39, 0.29) is 5.82 Å². The Morgan fingerprint density at radius 1 is 1.28 bits per heavy atom. The van der Waals surface area contributed by atoms with E-state index >= 15 is 0 Å². The molecule has 18 heavy (non-hydrogen) atoms. The lowest BCUT2D eigenvalue weighted by Gasteiger charge is -2.22. The van der Waals surface area contributed by atoms with Crippen LogP contribution < -0.4 is 5.32 Å². The van der Waals surface area contributed by atoms with E-state index in [0.717, 1.165) is 12.1 Å². The molecular formula is C16H24FN. The summed E-state index contributed by atoms with van der Waals surface area (Å²) in [5.74, 6) is 1.01. The zero-order chi connectivity index (χ0) is 13.1. The molecule has 0 heterocycles. The zero-order valence-electron chi connectivity index (χ0n) is 11.7. The van der Waals surface area contributed by atoms with Gasteiger partial charge in [0.15, 0.2) is 0 Å². The first-order valence-electron chi connectivity index (χ1n) is 7.12. The van der Waals surface area contributed by atoms with Crippen molar-refractivity contribution < 1.29 is 4.39 Å². The van der Waals surface area contributed by atoms with Crippen LogP contribution in [0.25, 0.3) is 0 Å². The van der Waals surface area contributed by atoms with Crippen LogP contribution in [0.2, 0.25) is 0 Å². The maximum Gasteiger partial charge on any atom is 0.123 e. The molecule has 0 spiro atoms.